The van der Waals surface area contributed by atoms with Crippen LogP contribution in [-0.2, 0) is 0 Å². The molecule has 0 heterocycles. The van der Waals surface area contributed by atoms with Gasteiger partial charge >= 0.3 is 0 Å². The molecule has 0 aliphatic heterocycles. The van der Waals surface area contributed by atoms with Crippen LogP contribution in [0.1, 0.15) is 47.0 Å². The molecule has 1 aliphatic rings. The lowest BCUT2D eigenvalue weighted by atomic mass is 9.64. The Kier molecular flexibility index (Phi) is 3.05. The Balaban J connectivity index is 2.96. The van der Waals surface area contributed by atoms with E-state index in [-0.39, 0.29) is 5.41 Å². The van der Waals surface area contributed by atoms with Crippen molar-refractivity contribution in [3.63, 3.8) is 0 Å². The van der Waals surface area contributed by atoms with E-state index in [1.165, 1.54) is 6.42 Å². The van der Waals surface area contributed by atoms with Crippen molar-refractivity contribution < 1.29 is 5.11 Å². The predicted molar refractivity (Wildman–Crippen MR) is 56.7 cm³/mol. The summed E-state index contributed by atoms with van der Waals surface area (Å²) in [7, 11) is 0. The van der Waals surface area contributed by atoms with E-state index in [9.17, 15) is 5.11 Å². The van der Waals surface area contributed by atoms with Crippen LogP contribution in [0.3, 0.4) is 0 Å². The molecule has 0 spiro atoms. The van der Waals surface area contributed by atoms with Gasteiger partial charge in [0, 0.05) is 6.42 Å². The van der Waals surface area contributed by atoms with Gasteiger partial charge in [-0.05, 0) is 36.2 Å². The minimum Gasteiger partial charge on any atom is -0.513 e. The van der Waals surface area contributed by atoms with Crippen LogP contribution in [0.5, 0.6) is 0 Å². The highest BCUT2D eigenvalue weighted by atomic mass is 16.3. The van der Waals surface area contributed by atoms with Crippen LogP contribution in [0, 0.1) is 17.3 Å². The smallest absolute Gasteiger partial charge is 0.0888 e. The molecule has 0 aromatic heterocycles. The zero-order valence-corrected chi connectivity index (χ0v) is 9.30. The molecule has 0 aromatic carbocycles. The third-order valence-corrected chi connectivity index (χ3v) is 3.63. The molecule has 0 aromatic rings. The molecule has 0 amide bonds. The van der Waals surface area contributed by atoms with Crippen LogP contribution < -0.4 is 0 Å². The van der Waals surface area contributed by atoms with Crippen LogP contribution in [0.25, 0.3) is 0 Å². The summed E-state index contributed by atoms with van der Waals surface area (Å²) in [5.74, 6) is 1.85. The van der Waals surface area contributed by atoms with Crippen LogP contribution in [0.2, 0.25) is 0 Å². The third-order valence-electron chi connectivity index (χ3n) is 3.63. The molecule has 1 N–H and O–H groups in total. The first-order valence-electron chi connectivity index (χ1n) is 5.39. The summed E-state index contributed by atoms with van der Waals surface area (Å²) in [4.78, 5) is 0. The summed E-state index contributed by atoms with van der Waals surface area (Å²) in [6, 6.07) is 0. The molecule has 0 saturated heterocycles. The Hall–Kier alpha value is -0.460. The molecule has 1 rings (SSSR count). The van der Waals surface area contributed by atoms with Gasteiger partial charge in [0.05, 0.1) is 5.76 Å². The van der Waals surface area contributed by atoms with Gasteiger partial charge in [-0.3, -0.25) is 0 Å². The van der Waals surface area contributed by atoms with Crippen molar-refractivity contribution in [2.75, 3.05) is 0 Å². The topological polar surface area (TPSA) is 20.2 Å². The van der Waals surface area contributed by atoms with Crippen LogP contribution in [0.15, 0.2) is 11.8 Å². The van der Waals surface area contributed by atoms with Crippen molar-refractivity contribution in [2.24, 2.45) is 17.3 Å². The van der Waals surface area contributed by atoms with Crippen molar-refractivity contribution in [1.29, 1.82) is 0 Å². The lowest BCUT2D eigenvalue weighted by Gasteiger charge is -2.41. The number of rotatable bonds is 2. The second-order valence-corrected chi connectivity index (χ2v) is 4.91. The summed E-state index contributed by atoms with van der Waals surface area (Å²) in [5.41, 5.74) is 0.238. The van der Waals surface area contributed by atoms with E-state index in [4.69, 9.17) is 0 Å². The molecule has 76 valence electrons. The van der Waals surface area contributed by atoms with Gasteiger partial charge in [-0.2, -0.15) is 0 Å². The van der Waals surface area contributed by atoms with Gasteiger partial charge in [0.15, 0.2) is 0 Å². The lowest BCUT2D eigenvalue weighted by molar-refractivity contribution is 0.137. The molecule has 1 nitrogen and oxygen atoms in total. The van der Waals surface area contributed by atoms with E-state index in [1.54, 1.807) is 0 Å². The molecule has 13 heavy (non-hydrogen) atoms. The summed E-state index contributed by atoms with van der Waals surface area (Å²) < 4.78 is 0. The summed E-state index contributed by atoms with van der Waals surface area (Å²) in [5, 5.41) is 9.60. The van der Waals surface area contributed by atoms with E-state index in [0.717, 1.165) is 12.8 Å². The highest BCUT2D eigenvalue weighted by Gasteiger charge is 2.36. The van der Waals surface area contributed by atoms with Crippen LogP contribution in [-0.4, -0.2) is 5.11 Å². The van der Waals surface area contributed by atoms with Crippen LogP contribution in [0.4, 0.5) is 0 Å². The maximum Gasteiger partial charge on any atom is 0.0888 e. The molecule has 0 atom stereocenters. The van der Waals surface area contributed by atoms with E-state index in [1.807, 2.05) is 0 Å². The normalized spacial score (nSPS) is 22.2. The Morgan fingerprint density at radius 2 is 1.77 bits per heavy atom. The second kappa shape index (κ2) is 3.73. The van der Waals surface area contributed by atoms with E-state index in [2.05, 4.69) is 33.8 Å². The Morgan fingerprint density at radius 3 is 2.08 bits per heavy atom. The maximum atomic E-state index is 9.60. The maximum absolute atomic E-state index is 9.60. The predicted octanol–water partition coefficient (Wildman–Crippen LogP) is 3.91. The first-order chi connectivity index (χ1) is 5.99. The van der Waals surface area contributed by atoms with Crippen molar-refractivity contribution in [3.8, 4) is 0 Å². The average molecular weight is 182 g/mol. The van der Waals surface area contributed by atoms with Gasteiger partial charge in [-0.1, -0.05) is 27.7 Å². The molecule has 0 saturated carbocycles. The quantitative estimate of drug-likeness (QED) is 0.686. The Labute approximate surface area is 81.9 Å². The minimum absolute atomic E-state index is 0.238. The van der Waals surface area contributed by atoms with Crippen molar-refractivity contribution >= 4 is 0 Å². The molecule has 0 fully saturated rings. The minimum atomic E-state index is 0.238. The average Bonchev–Trinajstić information content (AvgIpc) is 2.03. The Bertz CT molecular complexity index is 193. The number of allylic oxidation sites excluding steroid dienone is 2. The summed E-state index contributed by atoms with van der Waals surface area (Å²) in [6.45, 7) is 9.04. The lowest BCUT2D eigenvalue weighted by Crippen LogP contribution is -2.33. The van der Waals surface area contributed by atoms with Gasteiger partial charge in [0.25, 0.3) is 0 Å². The van der Waals surface area contributed by atoms with Gasteiger partial charge in [0.2, 0.25) is 0 Å². The van der Waals surface area contributed by atoms with E-state index in [0.29, 0.717) is 17.6 Å². The van der Waals surface area contributed by atoms with Crippen molar-refractivity contribution in [3.05, 3.63) is 11.8 Å². The van der Waals surface area contributed by atoms with Gasteiger partial charge < -0.3 is 5.11 Å². The summed E-state index contributed by atoms with van der Waals surface area (Å²) >= 11 is 0. The molecular weight excluding hydrogens is 160 g/mol. The molecule has 0 radical (unpaired) electrons. The fraction of sp³-hybridized carbons (Fsp3) is 0.833. The SMILES string of the molecule is CC(C)C1(C(C)C)C=C(O)CCC1. The monoisotopic (exact) mass is 182 g/mol. The number of aliphatic hydroxyl groups excluding tert-OH is 1. The molecular formula is C12H22O. The first kappa shape index (κ1) is 10.6. The molecule has 0 unspecified atom stereocenters. The summed E-state index contributed by atoms with van der Waals surface area (Å²) in [6.07, 6.45) is 5.36. The fourth-order valence-corrected chi connectivity index (χ4v) is 2.61. The largest absolute Gasteiger partial charge is 0.513 e. The number of hydrogen-bond acceptors (Lipinski definition) is 1. The molecule has 1 aliphatic carbocycles. The number of hydrogen-bond donors (Lipinski definition) is 1. The van der Waals surface area contributed by atoms with Gasteiger partial charge in [-0.25, -0.2) is 0 Å². The highest BCUT2D eigenvalue weighted by molar-refractivity contribution is 5.10. The van der Waals surface area contributed by atoms with Gasteiger partial charge in [-0.15, -0.1) is 0 Å². The molecule has 0 bridgehead atoms. The standard InChI is InChI=1S/C12H22O/c1-9(2)12(10(3)4)7-5-6-11(13)8-12/h8-10,13H,5-7H2,1-4H3. The number of aliphatic hydroxyl groups is 1. The van der Waals surface area contributed by atoms with E-state index >= 15 is 0 Å². The second-order valence-electron chi connectivity index (χ2n) is 4.91. The highest BCUT2D eigenvalue weighted by Crippen LogP contribution is 2.45. The fourth-order valence-electron chi connectivity index (χ4n) is 2.61. The first-order valence-corrected chi connectivity index (χ1v) is 5.39. The zero-order chi connectivity index (χ0) is 10.1. The third kappa shape index (κ3) is 1.90. The van der Waals surface area contributed by atoms with Crippen molar-refractivity contribution in [1.82, 2.24) is 0 Å². The molecule has 1 heteroatoms. The zero-order valence-electron chi connectivity index (χ0n) is 9.30. The van der Waals surface area contributed by atoms with Crippen LogP contribution >= 0.6 is 0 Å². The Morgan fingerprint density at radius 1 is 1.23 bits per heavy atom. The van der Waals surface area contributed by atoms with E-state index < -0.39 is 0 Å². The van der Waals surface area contributed by atoms with Gasteiger partial charge in [0.1, 0.15) is 0 Å². The van der Waals surface area contributed by atoms with Crippen molar-refractivity contribution in [2.45, 2.75) is 47.0 Å².